The van der Waals surface area contributed by atoms with Gasteiger partial charge in [0.05, 0.1) is 0 Å². The standard InChI is InChI=1S/C12H15N3O/c1-14-11(6-12(13)16)9-7-15-10-5-3-2-4-8(9)10/h2-5,7,11,14-15H,6H2,1H3,(H2,13,16). The van der Waals surface area contributed by atoms with Crippen LogP contribution < -0.4 is 11.1 Å². The van der Waals surface area contributed by atoms with Crippen LogP contribution in [0, 0.1) is 0 Å². The van der Waals surface area contributed by atoms with Crippen molar-refractivity contribution in [2.24, 2.45) is 5.73 Å². The van der Waals surface area contributed by atoms with Gasteiger partial charge in [-0.2, -0.15) is 0 Å². The summed E-state index contributed by atoms with van der Waals surface area (Å²) in [6.07, 6.45) is 2.23. The second-order valence-electron chi connectivity index (χ2n) is 3.80. The molecule has 0 bridgehead atoms. The zero-order chi connectivity index (χ0) is 11.5. The Kier molecular flexibility index (Phi) is 2.92. The number of nitrogens with one attached hydrogen (secondary N) is 2. The molecule has 2 rings (SSSR count). The topological polar surface area (TPSA) is 70.9 Å². The van der Waals surface area contributed by atoms with E-state index in [0.29, 0.717) is 6.42 Å². The second-order valence-corrected chi connectivity index (χ2v) is 3.80. The molecular weight excluding hydrogens is 202 g/mol. The fourth-order valence-electron chi connectivity index (χ4n) is 1.95. The van der Waals surface area contributed by atoms with E-state index in [-0.39, 0.29) is 11.9 Å². The minimum atomic E-state index is -0.301. The van der Waals surface area contributed by atoms with E-state index >= 15 is 0 Å². The van der Waals surface area contributed by atoms with Crippen LogP contribution in [0.2, 0.25) is 0 Å². The highest BCUT2D eigenvalue weighted by Gasteiger charge is 2.15. The molecule has 1 aromatic carbocycles. The molecule has 1 unspecified atom stereocenters. The summed E-state index contributed by atoms with van der Waals surface area (Å²) in [6.45, 7) is 0. The molecule has 1 aromatic heterocycles. The lowest BCUT2D eigenvalue weighted by molar-refractivity contribution is -0.118. The number of hydrogen-bond donors (Lipinski definition) is 3. The Morgan fingerprint density at radius 1 is 1.50 bits per heavy atom. The number of hydrogen-bond acceptors (Lipinski definition) is 2. The van der Waals surface area contributed by atoms with Crippen molar-refractivity contribution < 1.29 is 4.79 Å². The second kappa shape index (κ2) is 4.37. The van der Waals surface area contributed by atoms with Crippen LogP contribution in [0.4, 0.5) is 0 Å². The lowest BCUT2D eigenvalue weighted by Gasteiger charge is -2.13. The van der Waals surface area contributed by atoms with Gasteiger partial charge in [-0.15, -0.1) is 0 Å². The maximum Gasteiger partial charge on any atom is 0.219 e. The molecule has 4 N–H and O–H groups in total. The minimum Gasteiger partial charge on any atom is -0.370 e. The fraction of sp³-hybridized carbons (Fsp3) is 0.250. The van der Waals surface area contributed by atoms with Gasteiger partial charge in [-0.3, -0.25) is 4.79 Å². The first-order valence-electron chi connectivity index (χ1n) is 5.24. The third-order valence-corrected chi connectivity index (χ3v) is 2.75. The quantitative estimate of drug-likeness (QED) is 0.722. The van der Waals surface area contributed by atoms with E-state index in [1.54, 1.807) is 0 Å². The number of H-pyrrole nitrogens is 1. The van der Waals surface area contributed by atoms with Crippen LogP contribution in [-0.4, -0.2) is 17.9 Å². The van der Waals surface area contributed by atoms with Crippen molar-refractivity contribution in [2.45, 2.75) is 12.5 Å². The van der Waals surface area contributed by atoms with E-state index in [2.05, 4.69) is 10.3 Å². The first-order valence-corrected chi connectivity index (χ1v) is 5.24. The summed E-state index contributed by atoms with van der Waals surface area (Å²) < 4.78 is 0. The van der Waals surface area contributed by atoms with E-state index in [1.165, 1.54) is 0 Å². The first-order chi connectivity index (χ1) is 7.72. The Morgan fingerprint density at radius 2 is 2.25 bits per heavy atom. The summed E-state index contributed by atoms with van der Waals surface area (Å²) >= 11 is 0. The van der Waals surface area contributed by atoms with Crippen molar-refractivity contribution in [3.63, 3.8) is 0 Å². The summed E-state index contributed by atoms with van der Waals surface area (Å²) in [5, 5.41) is 4.23. The zero-order valence-corrected chi connectivity index (χ0v) is 9.16. The maximum atomic E-state index is 11.0. The molecular formula is C12H15N3O. The lowest BCUT2D eigenvalue weighted by atomic mass is 10.0. The Morgan fingerprint density at radius 3 is 2.94 bits per heavy atom. The third-order valence-electron chi connectivity index (χ3n) is 2.75. The van der Waals surface area contributed by atoms with Crippen LogP contribution in [0.25, 0.3) is 10.9 Å². The van der Waals surface area contributed by atoms with E-state index in [0.717, 1.165) is 16.5 Å². The number of amides is 1. The summed E-state index contributed by atoms with van der Waals surface area (Å²) in [6, 6.07) is 7.97. The molecule has 0 spiro atoms. The zero-order valence-electron chi connectivity index (χ0n) is 9.16. The number of benzene rings is 1. The Labute approximate surface area is 93.8 Å². The van der Waals surface area contributed by atoms with Gasteiger partial charge >= 0.3 is 0 Å². The lowest BCUT2D eigenvalue weighted by Crippen LogP contribution is -2.23. The van der Waals surface area contributed by atoms with E-state index in [4.69, 9.17) is 5.73 Å². The largest absolute Gasteiger partial charge is 0.370 e. The van der Waals surface area contributed by atoms with Crippen LogP contribution in [0.15, 0.2) is 30.5 Å². The number of para-hydroxylation sites is 1. The fourth-order valence-corrected chi connectivity index (χ4v) is 1.95. The molecule has 0 saturated heterocycles. The highest BCUT2D eigenvalue weighted by Crippen LogP contribution is 2.25. The van der Waals surface area contributed by atoms with E-state index in [1.807, 2.05) is 37.5 Å². The number of nitrogens with two attached hydrogens (primary N) is 1. The number of primary amides is 1. The number of rotatable bonds is 4. The number of aromatic nitrogens is 1. The summed E-state index contributed by atoms with van der Waals surface area (Å²) in [5.41, 5.74) is 7.38. The normalized spacial score (nSPS) is 12.8. The predicted molar refractivity (Wildman–Crippen MR) is 63.9 cm³/mol. The molecule has 0 radical (unpaired) electrons. The average molecular weight is 217 g/mol. The van der Waals surface area contributed by atoms with Gasteiger partial charge in [0.2, 0.25) is 5.91 Å². The van der Waals surface area contributed by atoms with Crippen molar-refractivity contribution in [3.8, 4) is 0 Å². The highest BCUT2D eigenvalue weighted by molar-refractivity contribution is 5.84. The monoisotopic (exact) mass is 217 g/mol. The highest BCUT2D eigenvalue weighted by atomic mass is 16.1. The smallest absolute Gasteiger partial charge is 0.219 e. The Bertz CT molecular complexity index is 504. The molecule has 4 heteroatoms. The minimum absolute atomic E-state index is 0.0337. The van der Waals surface area contributed by atoms with Crippen molar-refractivity contribution in [2.75, 3.05) is 7.05 Å². The average Bonchev–Trinajstić information content (AvgIpc) is 2.69. The summed E-state index contributed by atoms with van der Waals surface area (Å²) in [7, 11) is 1.83. The van der Waals surface area contributed by atoms with Crippen molar-refractivity contribution in [3.05, 3.63) is 36.0 Å². The van der Waals surface area contributed by atoms with Gasteiger partial charge in [0.25, 0.3) is 0 Å². The van der Waals surface area contributed by atoms with Gasteiger partial charge in [0.1, 0.15) is 0 Å². The van der Waals surface area contributed by atoms with Crippen molar-refractivity contribution in [1.82, 2.24) is 10.3 Å². The third kappa shape index (κ3) is 1.92. The van der Waals surface area contributed by atoms with Gasteiger partial charge in [-0.05, 0) is 18.7 Å². The molecule has 1 amide bonds. The Hall–Kier alpha value is -1.81. The molecule has 4 nitrogen and oxygen atoms in total. The summed E-state index contributed by atoms with van der Waals surface area (Å²) in [4.78, 5) is 14.2. The molecule has 0 aliphatic rings. The predicted octanol–water partition coefficient (Wildman–Crippen LogP) is 1.30. The molecule has 1 heterocycles. The molecule has 16 heavy (non-hydrogen) atoms. The van der Waals surface area contributed by atoms with Crippen LogP contribution in [0.3, 0.4) is 0 Å². The maximum absolute atomic E-state index is 11.0. The molecule has 1 atom stereocenters. The van der Waals surface area contributed by atoms with E-state index < -0.39 is 0 Å². The van der Waals surface area contributed by atoms with Gasteiger partial charge in [-0.1, -0.05) is 18.2 Å². The van der Waals surface area contributed by atoms with Gasteiger partial charge in [0.15, 0.2) is 0 Å². The van der Waals surface area contributed by atoms with Gasteiger partial charge in [0, 0.05) is 29.6 Å². The molecule has 0 aliphatic carbocycles. The van der Waals surface area contributed by atoms with Crippen molar-refractivity contribution >= 4 is 16.8 Å². The molecule has 0 saturated carbocycles. The number of carbonyl (C=O) groups excluding carboxylic acids is 1. The number of aromatic amines is 1. The molecule has 0 fully saturated rings. The first kappa shape index (κ1) is 10.7. The Balaban J connectivity index is 2.41. The van der Waals surface area contributed by atoms with Crippen molar-refractivity contribution in [1.29, 1.82) is 0 Å². The van der Waals surface area contributed by atoms with Crippen LogP contribution in [0.5, 0.6) is 0 Å². The summed E-state index contributed by atoms with van der Waals surface area (Å²) in [5.74, 6) is -0.301. The SMILES string of the molecule is CNC(CC(N)=O)c1c[nH]c2ccccc12. The van der Waals surface area contributed by atoms with Gasteiger partial charge < -0.3 is 16.0 Å². The van der Waals surface area contributed by atoms with Crippen LogP contribution >= 0.6 is 0 Å². The number of fused-ring (bicyclic) bond motifs is 1. The van der Waals surface area contributed by atoms with Gasteiger partial charge in [-0.25, -0.2) is 0 Å². The molecule has 0 aliphatic heterocycles. The van der Waals surface area contributed by atoms with Crippen LogP contribution in [-0.2, 0) is 4.79 Å². The molecule has 2 aromatic rings. The van der Waals surface area contributed by atoms with Crippen LogP contribution in [0.1, 0.15) is 18.0 Å². The van der Waals surface area contributed by atoms with E-state index in [9.17, 15) is 4.79 Å². The molecule has 84 valence electrons. The number of carbonyl (C=O) groups is 1.